The molecular formula is C21H22N4S. The minimum Gasteiger partial charge on any atom is -0.366 e. The average Bonchev–Trinajstić information content (AvgIpc) is 3.22. The van der Waals surface area contributed by atoms with Gasteiger partial charge in [-0.2, -0.15) is 0 Å². The van der Waals surface area contributed by atoms with Gasteiger partial charge in [-0.25, -0.2) is 9.50 Å². The van der Waals surface area contributed by atoms with Crippen LogP contribution in [-0.2, 0) is 0 Å². The van der Waals surface area contributed by atoms with Crippen LogP contribution in [0.3, 0.4) is 0 Å². The first-order chi connectivity index (χ1) is 12.8. The number of nitrogens with zero attached hydrogens (tertiary/aromatic N) is 3. The molecule has 3 aromatic heterocycles. The maximum Gasteiger partial charge on any atom is 0.154 e. The van der Waals surface area contributed by atoms with E-state index in [9.17, 15) is 0 Å². The second kappa shape index (κ2) is 6.40. The van der Waals surface area contributed by atoms with Crippen molar-refractivity contribution in [2.75, 3.05) is 5.32 Å². The summed E-state index contributed by atoms with van der Waals surface area (Å²) in [5.74, 6) is 0.948. The standard InChI is InChI=1S/C21H22N4S/c1-14-21(18-13-15-7-5-6-10-17(15)26-18)25-20(22-14)12-11-19(24-25)23-16-8-3-2-4-9-16/h5-7,10-13,16H,2-4,8-9H2,1H3,(H,23,24). The van der Waals surface area contributed by atoms with E-state index < -0.39 is 0 Å². The highest BCUT2D eigenvalue weighted by Crippen LogP contribution is 2.35. The summed E-state index contributed by atoms with van der Waals surface area (Å²) in [5.41, 5.74) is 3.04. The van der Waals surface area contributed by atoms with E-state index in [4.69, 9.17) is 10.1 Å². The number of hydrogen-bond donors (Lipinski definition) is 1. The number of fused-ring (bicyclic) bond motifs is 2. The van der Waals surface area contributed by atoms with Crippen molar-refractivity contribution in [2.24, 2.45) is 0 Å². The molecule has 0 spiro atoms. The van der Waals surface area contributed by atoms with E-state index in [2.05, 4.69) is 54.7 Å². The number of anilines is 1. The molecule has 1 aliphatic rings. The fraction of sp³-hybridized carbons (Fsp3) is 0.333. The smallest absolute Gasteiger partial charge is 0.154 e. The Bertz CT molecular complexity index is 1040. The molecule has 0 radical (unpaired) electrons. The maximum absolute atomic E-state index is 4.89. The highest BCUT2D eigenvalue weighted by Gasteiger charge is 2.17. The normalized spacial score (nSPS) is 15.7. The maximum atomic E-state index is 4.89. The molecule has 1 N–H and O–H groups in total. The van der Waals surface area contributed by atoms with Crippen molar-refractivity contribution in [1.82, 2.24) is 14.6 Å². The highest BCUT2D eigenvalue weighted by molar-refractivity contribution is 7.22. The van der Waals surface area contributed by atoms with Gasteiger partial charge in [0.15, 0.2) is 5.65 Å². The van der Waals surface area contributed by atoms with Crippen molar-refractivity contribution in [3.63, 3.8) is 0 Å². The second-order valence-corrected chi connectivity index (χ2v) is 8.25. The third kappa shape index (κ3) is 2.76. The van der Waals surface area contributed by atoms with Crippen LogP contribution < -0.4 is 5.32 Å². The van der Waals surface area contributed by atoms with Crippen molar-refractivity contribution in [2.45, 2.75) is 45.1 Å². The van der Waals surface area contributed by atoms with Crippen molar-refractivity contribution in [3.8, 4) is 10.6 Å². The number of aromatic nitrogens is 3. The summed E-state index contributed by atoms with van der Waals surface area (Å²) in [6.45, 7) is 2.07. The number of imidazole rings is 1. The summed E-state index contributed by atoms with van der Waals surface area (Å²) in [4.78, 5) is 5.95. The Labute approximate surface area is 156 Å². The van der Waals surface area contributed by atoms with Crippen LogP contribution in [0.4, 0.5) is 5.82 Å². The van der Waals surface area contributed by atoms with E-state index in [0.717, 1.165) is 22.9 Å². The lowest BCUT2D eigenvalue weighted by Gasteiger charge is -2.23. The topological polar surface area (TPSA) is 42.2 Å². The molecule has 0 atom stereocenters. The average molecular weight is 363 g/mol. The van der Waals surface area contributed by atoms with Gasteiger partial charge in [0.05, 0.1) is 10.6 Å². The lowest BCUT2D eigenvalue weighted by Crippen LogP contribution is -2.23. The number of nitrogens with one attached hydrogen (secondary N) is 1. The molecule has 0 saturated heterocycles. The van der Waals surface area contributed by atoms with E-state index in [1.807, 2.05) is 4.52 Å². The summed E-state index contributed by atoms with van der Waals surface area (Å²) >= 11 is 1.80. The van der Waals surface area contributed by atoms with Gasteiger partial charge in [-0.15, -0.1) is 16.4 Å². The van der Waals surface area contributed by atoms with Crippen molar-refractivity contribution in [1.29, 1.82) is 0 Å². The summed E-state index contributed by atoms with van der Waals surface area (Å²) in [6.07, 6.45) is 6.48. The van der Waals surface area contributed by atoms with Crippen LogP contribution >= 0.6 is 11.3 Å². The van der Waals surface area contributed by atoms with Gasteiger partial charge in [0.25, 0.3) is 0 Å². The molecule has 132 valence electrons. The first-order valence-electron chi connectivity index (χ1n) is 9.40. The Morgan fingerprint density at radius 2 is 1.92 bits per heavy atom. The molecule has 0 bridgehead atoms. The van der Waals surface area contributed by atoms with Gasteiger partial charge >= 0.3 is 0 Å². The molecule has 0 aliphatic heterocycles. The molecular weight excluding hydrogens is 340 g/mol. The monoisotopic (exact) mass is 362 g/mol. The minimum absolute atomic E-state index is 0.547. The van der Waals surface area contributed by atoms with Crippen LogP contribution in [0.1, 0.15) is 37.8 Å². The third-order valence-electron chi connectivity index (χ3n) is 5.27. The van der Waals surface area contributed by atoms with E-state index in [0.29, 0.717) is 6.04 Å². The Hall–Kier alpha value is -2.40. The van der Waals surface area contributed by atoms with Crippen LogP contribution in [0, 0.1) is 6.92 Å². The van der Waals surface area contributed by atoms with Crippen LogP contribution in [0.5, 0.6) is 0 Å². The summed E-state index contributed by atoms with van der Waals surface area (Å²) in [5, 5.41) is 9.79. The van der Waals surface area contributed by atoms with Gasteiger partial charge in [-0.1, -0.05) is 37.5 Å². The molecule has 5 heteroatoms. The molecule has 1 aliphatic carbocycles. The molecule has 26 heavy (non-hydrogen) atoms. The number of hydrogen-bond acceptors (Lipinski definition) is 4. The van der Waals surface area contributed by atoms with Crippen LogP contribution in [-0.4, -0.2) is 20.6 Å². The van der Waals surface area contributed by atoms with Gasteiger partial charge in [-0.3, -0.25) is 0 Å². The molecule has 4 nitrogen and oxygen atoms in total. The molecule has 1 aromatic carbocycles. The van der Waals surface area contributed by atoms with Gasteiger partial charge in [0.2, 0.25) is 0 Å². The molecule has 3 heterocycles. The first-order valence-corrected chi connectivity index (χ1v) is 10.2. The Kier molecular flexibility index (Phi) is 3.89. The molecule has 1 fully saturated rings. The van der Waals surface area contributed by atoms with E-state index in [1.54, 1.807) is 11.3 Å². The van der Waals surface area contributed by atoms with Crippen LogP contribution in [0.2, 0.25) is 0 Å². The van der Waals surface area contributed by atoms with Gasteiger partial charge in [-0.05, 0) is 49.4 Å². The van der Waals surface area contributed by atoms with E-state index in [1.165, 1.54) is 47.1 Å². The van der Waals surface area contributed by atoms with Crippen LogP contribution in [0.15, 0.2) is 42.5 Å². The second-order valence-electron chi connectivity index (χ2n) is 7.16. The predicted octanol–water partition coefficient (Wildman–Crippen LogP) is 5.66. The highest BCUT2D eigenvalue weighted by atomic mass is 32.1. The largest absolute Gasteiger partial charge is 0.366 e. The Morgan fingerprint density at radius 1 is 1.08 bits per heavy atom. The number of thiophene rings is 1. The number of benzene rings is 1. The summed E-state index contributed by atoms with van der Waals surface area (Å²) in [7, 11) is 0. The summed E-state index contributed by atoms with van der Waals surface area (Å²) < 4.78 is 3.30. The Balaban J connectivity index is 1.57. The van der Waals surface area contributed by atoms with Gasteiger partial charge < -0.3 is 5.32 Å². The molecule has 4 aromatic rings. The molecule has 0 unspecified atom stereocenters. The lowest BCUT2D eigenvalue weighted by molar-refractivity contribution is 0.461. The zero-order valence-corrected chi connectivity index (χ0v) is 15.7. The number of aryl methyl sites for hydroxylation is 1. The fourth-order valence-electron chi connectivity index (χ4n) is 3.96. The molecule has 1 saturated carbocycles. The minimum atomic E-state index is 0.547. The SMILES string of the molecule is Cc1nc2ccc(NC3CCCCC3)nn2c1-c1cc2ccccc2s1. The molecule has 5 rings (SSSR count). The zero-order valence-electron chi connectivity index (χ0n) is 14.9. The lowest BCUT2D eigenvalue weighted by atomic mass is 9.95. The van der Waals surface area contributed by atoms with Gasteiger partial charge in [0, 0.05) is 10.7 Å². The van der Waals surface area contributed by atoms with E-state index in [-0.39, 0.29) is 0 Å². The zero-order chi connectivity index (χ0) is 17.5. The Morgan fingerprint density at radius 3 is 2.77 bits per heavy atom. The fourth-order valence-corrected chi connectivity index (χ4v) is 5.10. The third-order valence-corrected chi connectivity index (χ3v) is 6.39. The quantitative estimate of drug-likeness (QED) is 0.511. The van der Waals surface area contributed by atoms with Gasteiger partial charge in [0.1, 0.15) is 11.5 Å². The molecule has 0 amide bonds. The van der Waals surface area contributed by atoms with Crippen molar-refractivity contribution in [3.05, 3.63) is 48.2 Å². The summed E-state index contributed by atoms with van der Waals surface area (Å²) in [6, 6.07) is 15.4. The van der Waals surface area contributed by atoms with E-state index >= 15 is 0 Å². The first kappa shape index (κ1) is 15.8. The predicted molar refractivity (Wildman–Crippen MR) is 109 cm³/mol. The van der Waals surface area contributed by atoms with Crippen molar-refractivity contribution >= 4 is 32.9 Å². The van der Waals surface area contributed by atoms with Crippen LogP contribution in [0.25, 0.3) is 26.3 Å². The number of rotatable bonds is 3. The van der Waals surface area contributed by atoms with Crippen molar-refractivity contribution < 1.29 is 0 Å².